The van der Waals surface area contributed by atoms with E-state index in [1.165, 1.54) is 12.1 Å². The van der Waals surface area contributed by atoms with Crippen molar-refractivity contribution >= 4 is 52.8 Å². The Morgan fingerprint density at radius 2 is 1.47 bits per heavy atom. The Kier molecular flexibility index (Phi) is 15.6. The number of hydrogen-bond acceptors (Lipinski definition) is 9. The molecule has 11 nitrogen and oxygen atoms in total. The van der Waals surface area contributed by atoms with Gasteiger partial charge in [-0.05, 0) is 76.0 Å². The van der Waals surface area contributed by atoms with Gasteiger partial charge in [-0.1, -0.05) is 50.2 Å². The van der Waals surface area contributed by atoms with Gasteiger partial charge in [0.1, 0.15) is 6.04 Å². The van der Waals surface area contributed by atoms with Crippen molar-refractivity contribution in [2.45, 2.75) is 65.2 Å². The molecule has 0 aliphatic heterocycles. The van der Waals surface area contributed by atoms with Gasteiger partial charge in [-0.2, -0.15) is 0 Å². The van der Waals surface area contributed by atoms with E-state index in [-0.39, 0.29) is 41.6 Å². The molecule has 1 heterocycles. The lowest BCUT2D eigenvalue weighted by Gasteiger charge is -2.25. The predicted molar refractivity (Wildman–Crippen MR) is 201 cm³/mol. The minimum atomic E-state index is -0.656. The van der Waals surface area contributed by atoms with Gasteiger partial charge in [-0.15, -0.1) is 11.3 Å². The lowest BCUT2D eigenvalue weighted by molar-refractivity contribution is -0.130. The van der Waals surface area contributed by atoms with E-state index in [1.807, 2.05) is 105 Å². The summed E-state index contributed by atoms with van der Waals surface area (Å²) in [5.74, 6) is -1.25. The Bertz CT molecular complexity index is 1520. The number of anilines is 1. The van der Waals surface area contributed by atoms with Gasteiger partial charge in [-0.25, -0.2) is 4.31 Å². The fraction of sp³-hybridized carbons (Fsp3) is 0.444. The molecule has 0 saturated carbocycles. The van der Waals surface area contributed by atoms with Crippen molar-refractivity contribution in [1.82, 2.24) is 30.9 Å². The molecule has 4 amide bonds. The van der Waals surface area contributed by atoms with E-state index in [0.29, 0.717) is 36.3 Å². The first-order valence-corrected chi connectivity index (χ1v) is 18.1. The van der Waals surface area contributed by atoms with Crippen molar-refractivity contribution in [2.75, 3.05) is 38.5 Å². The first-order valence-electron chi connectivity index (χ1n) is 16.5. The molecule has 13 heteroatoms. The molecule has 1 aromatic heterocycles. The summed E-state index contributed by atoms with van der Waals surface area (Å²) in [5.41, 5.74) is 2.36. The van der Waals surface area contributed by atoms with Crippen LogP contribution in [0.3, 0.4) is 0 Å². The van der Waals surface area contributed by atoms with Crippen LogP contribution < -0.4 is 30.9 Å². The molecule has 3 aromatic rings. The molecule has 0 fully saturated rings. The number of benzene rings is 2. The molecule has 4 atom stereocenters. The summed E-state index contributed by atoms with van der Waals surface area (Å²) in [6.45, 7) is 10.0. The number of likely N-dealkylation sites (N-methyl/N-ethyl adjacent to an activating group) is 1. The van der Waals surface area contributed by atoms with Gasteiger partial charge < -0.3 is 30.9 Å². The molecule has 2 aromatic carbocycles. The van der Waals surface area contributed by atoms with Crippen LogP contribution in [0.1, 0.15) is 71.8 Å². The zero-order valence-electron chi connectivity index (χ0n) is 29.7. The zero-order chi connectivity index (χ0) is 36.1. The Morgan fingerprint density at radius 1 is 0.816 bits per heavy atom. The SMILES string of the molecule is CCNC(=O)[C@@H](NC(=O)[C@H](C)NC[C@H](Cc1cccs1)NC(=O)c1cc(C(=O)N[C@H](C)c2ccccc2)cc(N(C)SN(C)C)c1)C(C)C. The van der Waals surface area contributed by atoms with Crippen LogP contribution in [0, 0.1) is 5.92 Å². The predicted octanol–water partition coefficient (Wildman–Crippen LogP) is 4.40. The lowest BCUT2D eigenvalue weighted by Crippen LogP contribution is -2.55. The maximum Gasteiger partial charge on any atom is 0.251 e. The molecular formula is C36H51N7O4S2. The Hall–Kier alpha value is -3.91. The van der Waals surface area contributed by atoms with Gasteiger partial charge in [0.25, 0.3) is 11.8 Å². The van der Waals surface area contributed by atoms with Crippen molar-refractivity contribution in [3.05, 3.63) is 87.6 Å². The Balaban J connectivity index is 1.81. The highest BCUT2D eigenvalue weighted by Crippen LogP contribution is 2.26. The lowest BCUT2D eigenvalue weighted by atomic mass is 10.0. The van der Waals surface area contributed by atoms with Crippen LogP contribution in [-0.4, -0.2) is 80.3 Å². The summed E-state index contributed by atoms with van der Waals surface area (Å²) in [5, 5.41) is 17.1. The molecule has 3 rings (SSSR count). The third kappa shape index (κ3) is 12.5. The second-order valence-electron chi connectivity index (χ2n) is 12.5. The van der Waals surface area contributed by atoms with Crippen LogP contribution in [0.4, 0.5) is 5.69 Å². The second-order valence-corrected chi connectivity index (χ2v) is 14.9. The summed E-state index contributed by atoms with van der Waals surface area (Å²) in [6.07, 6.45) is 0.538. The molecule has 0 spiro atoms. The third-order valence-electron chi connectivity index (χ3n) is 7.76. The topological polar surface area (TPSA) is 135 Å². The van der Waals surface area contributed by atoms with E-state index in [0.717, 1.165) is 10.4 Å². The molecule has 0 bridgehead atoms. The number of nitrogens with zero attached hydrogens (tertiary/aromatic N) is 2. The number of amides is 4. The van der Waals surface area contributed by atoms with E-state index < -0.39 is 12.1 Å². The van der Waals surface area contributed by atoms with Crippen molar-refractivity contribution in [1.29, 1.82) is 0 Å². The molecule has 5 N–H and O–H groups in total. The van der Waals surface area contributed by atoms with Crippen molar-refractivity contribution in [2.24, 2.45) is 5.92 Å². The number of hydrogen-bond donors (Lipinski definition) is 5. The van der Waals surface area contributed by atoms with E-state index in [2.05, 4.69) is 26.6 Å². The van der Waals surface area contributed by atoms with Gasteiger partial charge in [-0.3, -0.25) is 19.2 Å². The minimum Gasteiger partial charge on any atom is -0.355 e. The highest BCUT2D eigenvalue weighted by atomic mass is 32.2. The highest BCUT2D eigenvalue weighted by Gasteiger charge is 2.27. The van der Waals surface area contributed by atoms with Gasteiger partial charge >= 0.3 is 0 Å². The van der Waals surface area contributed by atoms with Crippen LogP contribution in [0.25, 0.3) is 0 Å². The maximum atomic E-state index is 13.9. The number of thiophene rings is 1. The molecule has 0 aliphatic rings. The zero-order valence-corrected chi connectivity index (χ0v) is 31.3. The molecule has 0 radical (unpaired) electrons. The van der Waals surface area contributed by atoms with Gasteiger partial charge in [0, 0.05) is 66.4 Å². The minimum absolute atomic E-state index is 0.0898. The van der Waals surface area contributed by atoms with Crippen LogP contribution in [0.5, 0.6) is 0 Å². The van der Waals surface area contributed by atoms with E-state index >= 15 is 0 Å². The van der Waals surface area contributed by atoms with Gasteiger partial charge in [0.05, 0.1) is 12.1 Å². The summed E-state index contributed by atoms with van der Waals surface area (Å²) in [4.78, 5) is 54.1. The molecule has 266 valence electrons. The van der Waals surface area contributed by atoms with Crippen molar-refractivity contribution < 1.29 is 19.2 Å². The standard InChI is InChI=1S/C36H51N7O4S2/c1-9-37-36(47)32(23(2)3)41-33(44)25(5)38-22-29(21-31-16-13-17-48-31)40-35(46)28-18-27(19-30(20-28)43(8)49-42(6)7)34(45)39-24(4)26-14-11-10-12-15-26/h10-20,23-25,29,32,38H,9,21-22H2,1-8H3,(H,37,47)(H,39,45)(H,40,46)(H,41,44)/t24-,25+,29+,32+/m1/s1. The summed E-state index contributed by atoms with van der Waals surface area (Å²) in [6, 6.07) is 16.9. The molecule has 0 saturated heterocycles. The average Bonchev–Trinajstić information content (AvgIpc) is 3.58. The van der Waals surface area contributed by atoms with Crippen LogP contribution in [0.2, 0.25) is 0 Å². The van der Waals surface area contributed by atoms with E-state index in [9.17, 15) is 19.2 Å². The number of carbonyl (C=O) groups is 4. The summed E-state index contributed by atoms with van der Waals surface area (Å²) >= 11 is 3.02. The van der Waals surface area contributed by atoms with Crippen LogP contribution >= 0.6 is 23.5 Å². The Morgan fingerprint density at radius 3 is 2.04 bits per heavy atom. The number of rotatable bonds is 18. The van der Waals surface area contributed by atoms with Gasteiger partial charge in [0.15, 0.2) is 0 Å². The molecule has 49 heavy (non-hydrogen) atoms. The van der Waals surface area contributed by atoms with Gasteiger partial charge in [0.2, 0.25) is 11.8 Å². The number of nitrogens with one attached hydrogen (secondary N) is 5. The summed E-state index contributed by atoms with van der Waals surface area (Å²) < 4.78 is 3.81. The third-order valence-corrected chi connectivity index (χ3v) is 9.44. The van der Waals surface area contributed by atoms with Crippen molar-refractivity contribution in [3.63, 3.8) is 0 Å². The normalized spacial score (nSPS) is 13.7. The highest BCUT2D eigenvalue weighted by molar-refractivity contribution is 7.98. The van der Waals surface area contributed by atoms with Crippen LogP contribution in [-0.2, 0) is 16.0 Å². The van der Waals surface area contributed by atoms with E-state index in [4.69, 9.17) is 0 Å². The smallest absolute Gasteiger partial charge is 0.251 e. The molecule has 0 unspecified atom stereocenters. The number of carbonyl (C=O) groups excluding carboxylic acids is 4. The second kappa shape index (κ2) is 19.3. The van der Waals surface area contributed by atoms with Crippen molar-refractivity contribution in [3.8, 4) is 0 Å². The maximum absolute atomic E-state index is 13.9. The molecule has 0 aliphatic carbocycles. The fourth-order valence-electron chi connectivity index (χ4n) is 5.08. The molecular weight excluding hydrogens is 659 g/mol. The first kappa shape index (κ1) is 39.5. The fourth-order valence-corrected chi connectivity index (χ4v) is 6.55. The van der Waals surface area contributed by atoms with E-state index in [1.54, 1.807) is 36.5 Å². The Labute approximate surface area is 299 Å². The first-order chi connectivity index (χ1) is 23.3. The largest absolute Gasteiger partial charge is 0.355 e. The summed E-state index contributed by atoms with van der Waals surface area (Å²) in [7, 11) is 5.71. The monoisotopic (exact) mass is 709 g/mol. The quantitative estimate of drug-likeness (QED) is 0.123. The average molecular weight is 710 g/mol. The van der Waals surface area contributed by atoms with Crippen LogP contribution in [0.15, 0.2) is 66.0 Å².